The molecule has 0 spiro atoms. The van der Waals surface area contributed by atoms with Gasteiger partial charge in [-0.25, -0.2) is 0 Å². The zero-order valence-electron chi connectivity index (χ0n) is 9.91. The molecule has 1 rings (SSSR count). The van der Waals surface area contributed by atoms with Crippen LogP contribution in [0.25, 0.3) is 0 Å². The van der Waals surface area contributed by atoms with Crippen LogP contribution in [0.2, 0.25) is 0 Å². The maximum Gasteiger partial charge on any atom is 0.309 e. The van der Waals surface area contributed by atoms with Gasteiger partial charge in [-0.05, 0) is 6.42 Å². The molecular formula is C11H21NO3. The maximum atomic E-state index is 11.1. The van der Waals surface area contributed by atoms with Crippen LogP contribution < -0.4 is 5.32 Å². The molecule has 1 aliphatic rings. The normalized spacial score (nSPS) is 30.5. The zero-order valence-corrected chi connectivity index (χ0v) is 9.91. The third-order valence-electron chi connectivity index (χ3n) is 3.49. The van der Waals surface area contributed by atoms with Crippen LogP contribution in [0.4, 0.5) is 0 Å². The summed E-state index contributed by atoms with van der Waals surface area (Å²) in [5.41, 5.74) is -0.0875. The van der Waals surface area contributed by atoms with Crippen LogP contribution in [0.1, 0.15) is 27.2 Å². The SMILES string of the molecule is COC(=O)C(C)CNC1CC(O)C1(C)C. The molecule has 0 radical (unpaired) electrons. The molecule has 3 unspecified atom stereocenters. The molecule has 1 saturated carbocycles. The summed E-state index contributed by atoms with van der Waals surface area (Å²) in [7, 11) is 1.40. The standard InChI is InChI=1S/C11H21NO3/c1-7(10(14)15-4)6-12-8-5-9(13)11(8,2)3/h7-9,12-13H,5-6H2,1-4H3. The molecule has 88 valence electrons. The summed E-state index contributed by atoms with van der Waals surface area (Å²) in [6.07, 6.45) is 0.532. The van der Waals surface area contributed by atoms with Gasteiger partial charge in [0, 0.05) is 18.0 Å². The van der Waals surface area contributed by atoms with Gasteiger partial charge in [0.1, 0.15) is 0 Å². The number of hydrogen-bond donors (Lipinski definition) is 2. The highest BCUT2D eigenvalue weighted by atomic mass is 16.5. The second-order valence-corrected chi connectivity index (χ2v) is 4.96. The minimum atomic E-state index is -0.233. The van der Waals surface area contributed by atoms with E-state index in [-0.39, 0.29) is 23.4 Å². The van der Waals surface area contributed by atoms with Gasteiger partial charge in [-0.15, -0.1) is 0 Å². The van der Waals surface area contributed by atoms with Gasteiger partial charge in [-0.3, -0.25) is 4.79 Å². The van der Waals surface area contributed by atoms with Crippen molar-refractivity contribution in [1.29, 1.82) is 0 Å². The number of ether oxygens (including phenoxy) is 1. The summed E-state index contributed by atoms with van der Waals surface area (Å²) in [4.78, 5) is 11.1. The van der Waals surface area contributed by atoms with Crippen molar-refractivity contribution in [1.82, 2.24) is 5.32 Å². The Morgan fingerprint density at radius 3 is 2.67 bits per heavy atom. The first-order valence-corrected chi connectivity index (χ1v) is 5.39. The van der Waals surface area contributed by atoms with E-state index in [1.165, 1.54) is 7.11 Å². The average molecular weight is 215 g/mol. The smallest absolute Gasteiger partial charge is 0.309 e. The molecule has 0 heterocycles. The number of hydrogen-bond acceptors (Lipinski definition) is 4. The molecule has 3 atom stereocenters. The van der Waals surface area contributed by atoms with Gasteiger partial charge < -0.3 is 15.2 Å². The van der Waals surface area contributed by atoms with Crippen molar-refractivity contribution in [2.45, 2.75) is 39.3 Å². The molecule has 4 nitrogen and oxygen atoms in total. The second-order valence-electron chi connectivity index (χ2n) is 4.96. The highest BCUT2D eigenvalue weighted by Gasteiger charge is 2.46. The molecule has 0 aromatic carbocycles. The Balaban J connectivity index is 2.30. The summed E-state index contributed by atoms with van der Waals surface area (Å²) in [5, 5.41) is 12.8. The number of aliphatic hydroxyl groups is 1. The monoisotopic (exact) mass is 215 g/mol. The predicted molar refractivity (Wildman–Crippen MR) is 57.4 cm³/mol. The van der Waals surface area contributed by atoms with E-state index in [9.17, 15) is 9.90 Å². The van der Waals surface area contributed by atoms with Crippen molar-refractivity contribution in [3.63, 3.8) is 0 Å². The summed E-state index contributed by atoms with van der Waals surface area (Å²) in [6, 6.07) is 0.291. The number of aliphatic hydroxyl groups excluding tert-OH is 1. The van der Waals surface area contributed by atoms with E-state index in [1.807, 2.05) is 20.8 Å². The molecule has 15 heavy (non-hydrogen) atoms. The lowest BCUT2D eigenvalue weighted by Gasteiger charge is -2.49. The third kappa shape index (κ3) is 2.49. The Bertz CT molecular complexity index is 240. The van der Waals surface area contributed by atoms with Crippen molar-refractivity contribution in [3.05, 3.63) is 0 Å². The van der Waals surface area contributed by atoms with Crippen LogP contribution in [0.5, 0.6) is 0 Å². The van der Waals surface area contributed by atoms with E-state index >= 15 is 0 Å². The molecule has 0 saturated heterocycles. The van der Waals surface area contributed by atoms with Crippen LogP contribution in [-0.4, -0.2) is 36.9 Å². The second kappa shape index (κ2) is 4.49. The van der Waals surface area contributed by atoms with Gasteiger partial charge in [0.2, 0.25) is 0 Å². The lowest BCUT2D eigenvalue weighted by atomic mass is 9.64. The van der Waals surface area contributed by atoms with Crippen LogP contribution in [0.15, 0.2) is 0 Å². The average Bonchev–Trinajstić information content (AvgIpc) is 2.22. The Kier molecular flexibility index (Phi) is 3.73. The fraction of sp³-hybridized carbons (Fsp3) is 0.909. The number of carbonyl (C=O) groups is 1. The molecule has 1 aliphatic carbocycles. The number of carbonyl (C=O) groups excluding carboxylic acids is 1. The molecule has 0 amide bonds. The van der Waals surface area contributed by atoms with E-state index in [1.54, 1.807) is 0 Å². The lowest BCUT2D eigenvalue weighted by molar-refractivity contribution is -0.145. The molecule has 0 bridgehead atoms. The minimum Gasteiger partial charge on any atom is -0.469 e. The fourth-order valence-corrected chi connectivity index (χ4v) is 1.85. The number of rotatable bonds is 4. The molecular weight excluding hydrogens is 194 g/mol. The predicted octanol–water partition coefficient (Wildman–Crippen LogP) is 0.544. The minimum absolute atomic E-state index is 0.0875. The summed E-state index contributed by atoms with van der Waals surface area (Å²) in [6.45, 7) is 6.50. The van der Waals surface area contributed by atoms with Gasteiger partial charge in [0.15, 0.2) is 0 Å². The first-order valence-electron chi connectivity index (χ1n) is 5.39. The van der Waals surface area contributed by atoms with Crippen molar-refractivity contribution in [2.75, 3.05) is 13.7 Å². The Labute approximate surface area is 91.0 Å². The molecule has 0 aliphatic heterocycles. The summed E-state index contributed by atoms with van der Waals surface area (Å²) in [5.74, 6) is -0.330. The van der Waals surface area contributed by atoms with Crippen LogP contribution in [0, 0.1) is 11.3 Å². The lowest BCUT2D eigenvalue weighted by Crippen LogP contribution is -2.60. The molecule has 1 fully saturated rings. The van der Waals surface area contributed by atoms with Gasteiger partial charge in [-0.1, -0.05) is 20.8 Å². The van der Waals surface area contributed by atoms with Crippen molar-refractivity contribution >= 4 is 5.97 Å². The molecule has 2 N–H and O–H groups in total. The van der Waals surface area contributed by atoms with Gasteiger partial charge >= 0.3 is 5.97 Å². The Hall–Kier alpha value is -0.610. The highest BCUT2D eigenvalue weighted by molar-refractivity contribution is 5.72. The van der Waals surface area contributed by atoms with Crippen LogP contribution in [-0.2, 0) is 9.53 Å². The third-order valence-corrected chi connectivity index (χ3v) is 3.49. The van der Waals surface area contributed by atoms with Crippen LogP contribution in [0.3, 0.4) is 0 Å². The zero-order chi connectivity index (χ0) is 11.6. The van der Waals surface area contributed by atoms with E-state index in [0.29, 0.717) is 12.6 Å². The van der Waals surface area contributed by atoms with Crippen molar-refractivity contribution in [3.8, 4) is 0 Å². The molecule has 0 aromatic rings. The Morgan fingerprint density at radius 2 is 2.27 bits per heavy atom. The quantitative estimate of drug-likeness (QED) is 0.672. The van der Waals surface area contributed by atoms with E-state index in [2.05, 4.69) is 10.1 Å². The fourth-order valence-electron chi connectivity index (χ4n) is 1.85. The summed E-state index contributed by atoms with van der Waals surface area (Å²) >= 11 is 0. The highest BCUT2D eigenvalue weighted by Crippen LogP contribution is 2.40. The number of esters is 1. The number of methoxy groups -OCH3 is 1. The van der Waals surface area contributed by atoms with E-state index < -0.39 is 0 Å². The van der Waals surface area contributed by atoms with Gasteiger partial charge in [0.05, 0.1) is 19.1 Å². The topological polar surface area (TPSA) is 58.6 Å². The molecule has 4 heteroatoms. The first kappa shape index (κ1) is 12.5. The first-order chi connectivity index (χ1) is 6.89. The van der Waals surface area contributed by atoms with E-state index in [4.69, 9.17) is 0 Å². The van der Waals surface area contributed by atoms with Crippen LogP contribution >= 0.6 is 0 Å². The van der Waals surface area contributed by atoms with E-state index in [0.717, 1.165) is 6.42 Å². The maximum absolute atomic E-state index is 11.1. The summed E-state index contributed by atoms with van der Waals surface area (Å²) < 4.78 is 4.64. The van der Waals surface area contributed by atoms with Crippen molar-refractivity contribution in [2.24, 2.45) is 11.3 Å². The largest absolute Gasteiger partial charge is 0.469 e. The molecule has 0 aromatic heterocycles. The van der Waals surface area contributed by atoms with Gasteiger partial charge in [-0.2, -0.15) is 0 Å². The number of nitrogens with one attached hydrogen (secondary N) is 1. The van der Waals surface area contributed by atoms with Gasteiger partial charge in [0.25, 0.3) is 0 Å². The van der Waals surface area contributed by atoms with Crippen molar-refractivity contribution < 1.29 is 14.6 Å². The Morgan fingerprint density at radius 1 is 1.67 bits per heavy atom.